The molecule has 0 aliphatic heterocycles. The molecule has 0 amide bonds. The number of ketones is 2. The number of hydrogen-bond acceptors (Lipinski definition) is 5. The van der Waals surface area contributed by atoms with Crippen molar-refractivity contribution in [1.29, 1.82) is 0 Å². The molecule has 0 bridgehead atoms. The van der Waals surface area contributed by atoms with Gasteiger partial charge in [-0.2, -0.15) is 21.4 Å². The van der Waals surface area contributed by atoms with E-state index in [1.807, 2.05) is 19.1 Å². The lowest BCUT2D eigenvalue weighted by Gasteiger charge is -2.21. The predicted molar refractivity (Wildman–Crippen MR) is 108 cm³/mol. The van der Waals surface area contributed by atoms with Gasteiger partial charge in [0.2, 0.25) is 5.78 Å². The molecule has 1 aliphatic rings. The molecule has 4 nitrogen and oxygen atoms in total. The fourth-order valence-corrected chi connectivity index (χ4v) is 4.10. The summed E-state index contributed by atoms with van der Waals surface area (Å²) in [5.74, 6) is -4.93. The highest BCUT2D eigenvalue weighted by molar-refractivity contribution is 7.81. The van der Waals surface area contributed by atoms with E-state index in [2.05, 4.69) is 17.4 Å². The molecule has 0 aromatic carbocycles. The van der Waals surface area contributed by atoms with Crippen molar-refractivity contribution < 1.29 is 27.9 Å². The first-order chi connectivity index (χ1) is 13.2. The van der Waals surface area contributed by atoms with Crippen molar-refractivity contribution in [1.82, 2.24) is 0 Å². The first kappa shape index (κ1) is 24.8. The second kappa shape index (κ2) is 12.3. The Bertz CT molecular complexity index is 563. The number of esters is 1. The van der Waals surface area contributed by atoms with E-state index in [1.165, 1.54) is 7.11 Å². The number of methoxy groups -OCH3 is 1. The summed E-state index contributed by atoms with van der Waals surface area (Å²) in [6, 6.07) is 0. The molecule has 0 spiro atoms. The SMILES string of the molecule is CCCCC(F)(F)C(=O)CCC1C(S)CC(=O)[C@@H]1C/C=C\CCCC(=O)OC. The van der Waals surface area contributed by atoms with Gasteiger partial charge in [0, 0.05) is 36.9 Å². The second-order valence-electron chi connectivity index (χ2n) is 7.45. The van der Waals surface area contributed by atoms with E-state index in [-0.39, 0.29) is 41.7 Å². The maximum atomic E-state index is 13.9. The summed E-state index contributed by atoms with van der Waals surface area (Å²) >= 11 is 4.45. The lowest BCUT2D eigenvalue weighted by Crippen LogP contribution is -2.30. The Morgan fingerprint density at radius 2 is 1.96 bits per heavy atom. The lowest BCUT2D eigenvalue weighted by atomic mass is 9.86. The van der Waals surface area contributed by atoms with Gasteiger partial charge in [0.05, 0.1) is 7.11 Å². The van der Waals surface area contributed by atoms with Gasteiger partial charge in [0.25, 0.3) is 0 Å². The number of carbonyl (C=O) groups is 3. The van der Waals surface area contributed by atoms with Gasteiger partial charge in [-0.15, -0.1) is 0 Å². The molecule has 0 heterocycles. The average molecular weight is 419 g/mol. The molecule has 1 aliphatic carbocycles. The Kier molecular flexibility index (Phi) is 10.9. The number of rotatable bonds is 13. The normalized spacial score (nSPS) is 22.8. The van der Waals surface area contributed by atoms with Crippen LogP contribution in [-0.2, 0) is 19.1 Å². The number of unbranched alkanes of at least 4 members (excludes halogenated alkanes) is 2. The molecule has 0 radical (unpaired) electrons. The van der Waals surface area contributed by atoms with Gasteiger partial charge in [0.1, 0.15) is 5.78 Å². The number of carbonyl (C=O) groups excluding carboxylic acids is 3. The van der Waals surface area contributed by atoms with Gasteiger partial charge in [-0.05, 0) is 38.0 Å². The molecular weight excluding hydrogens is 386 g/mol. The summed E-state index contributed by atoms with van der Waals surface area (Å²) in [6.45, 7) is 1.81. The topological polar surface area (TPSA) is 60.4 Å². The van der Waals surface area contributed by atoms with Gasteiger partial charge >= 0.3 is 11.9 Å². The van der Waals surface area contributed by atoms with E-state index >= 15 is 0 Å². The fourth-order valence-electron chi connectivity index (χ4n) is 3.56. The summed E-state index contributed by atoms with van der Waals surface area (Å²) in [4.78, 5) is 35.2. The third kappa shape index (κ3) is 8.02. The van der Waals surface area contributed by atoms with Gasteiger partial charge in [0.15, 0.2) is 0 Å². The highest BCUT2D eigenvalue weighted by atomic mass is 32.1. The molecule has 0 aromatic rings. The zero-order chi connectivity index (χ0) is 21.2. The van der Waals surface area contributed by atoms with Gasteiger partial charge in [-0.1, -0.05) is 25.5 Å². The van der Waals surface area contributed by atoms with Crippen LogP contribution in [0, 0.1) is 11.8 Å². The maximum absolute atomic E-state index is 13.9. The summed E-state index contributed by atoms with van der Waals surface area (Å²) in [5.41, 5.74) is 0. The van der Waals surface area contributed by atoms with Crippen molar-refractivity contribution in [2.45, 2.75) is 82.3 Å². The van der Waals surface area contributed by atoms with Crippen LogP contribution < -0.4 is 0 Å². The molecule has 0 saturated heterocycles. The van der Waals surface area contributed by atoms with E-state index in [0.29, 0.717) is 44.9 Å². The van der Waals surface area contributed by atoms with E-state index in [1.54, 1.807) is 0 Å². The minimum Gasteiger partial charge on any atom is -0.469 e. The van der Waals surface area contributed by atoms with E-state index < -0.39 is 18.1 Å². The summed E-state index contributed by atoms with van der Waals surface area (Å²) in [7, 11) is 1.35. The first-order valence-electron chi connectivity index (χ1n) is 10.1. The monoisotopic (exact) mass is 418 g/mol. The highest BCUT2D eigenvalue weighted by Crippen LogP contribution is 2.39. The van der Waals surface area contributed by atoms with Gasteiger partial charge in [-0.3, -0.25) is 14.4 Å². The van der Waals surface area contributed by atoms with Crippen molar-refractivity contribution in [2.75, 3.05) is 7.11 Å². The molecule has 1 fully saturated rings. The van der Waals surface area contributed by atoms with Crippen molar-refractivity contribution in [3.8, 4) is 0 Å². The van der Waals surface area contributed by atoms with Crippen LogP contribution in [0.3, 0.4) is 0 Å². The molecule has 7 heteroatoms. The maximum Gasteiger partial charge on any atom is 0.305 e. The zero-order valence-corrected chi connectivity index (χ0v) is 17.7. The van der Waals surface area contributed by atoms with Crippen LogP contribution in [0.5, 0.6) is 0 Å². The van der Waals surface area contributed by atoms with E-state index in [4.69, 9.17) is 0 Å². The number of allylic oxidation sites excluding steroid dienone is 2. The molecule has 0 aromatic heterocycles. The zero-order valence-electron chi connectivity index (χ0n) is 16.8. The minimum absolute atomic E-state index is 0.0782. The quantitative estimate of drug-likeness (QED) is 0.199. The van der Waals surface area contributed by atoms with Crippen LogP contribution >= 0.6 is 12.6 Å². The highest BCUT2D eigenvalue weighted by Gasteiger charge is 2.42. The first-order valence-corrected chi connectivity index (χ1v) is 10.6. The number of ether oxygens (including phenoxy) is 1. The molecular formula is C21H32F2O4S. The summed E-state index contributed by atoms with van der Waals surface area (Å²) < 4.78 is 32.3. The average Bonchev–Trinajstić information content (AvgIpc) is 2.93. The molecule has 160 valence electrons. The Morgan fingerprint density at radius 1 is 1.25 bits per heavy atom. The van der Waals surface area contributed by atoms with E-state index in [9.17, 15) is 23.2 Å². The Morgan fingerprint density at radius 3 is 2.61 bits per heavy atom. The van der Waals surface area contributed by atoms with Crippen molar-refractivity contribution in [2.24, 2.45) is 11.8 Å². The standard InChI is InChI=1S/C21H32F2O4S/c1-3-4-13-21(22,23)19(25)12-11-16-15(17(24)14-18(16)28)9-7-5-6-8-10-20(26)27-2/h5,7,15-16,18,28H,3-4,6,8-14H2,1-2H3/b7-5-/t15-,16?,18?/m1/s1. The third-order valence-electron chi connectivity index (χ3n) is 5.33. The summed E-state index contributed by atoms with van der Waals surface area (Å²) in [6.07, 6.45) is 6.94. The van der Waals surface area contributed by atoms with E-state index in [0.717, 1.165) is 0 Å². The molecule has 3 atom stereocenters. The Hall–Kier alpha value is -1.24. The molecule has 0 N–H and O–H groups in total. The smallest absolute Gasteiger partial charge is 0.305 e. The van der Waals surface area contributed by atoms with Crippen LogP contribution in [-0.4, -0.2) is 35.8 Å². The third-order valence-corrected chi connectivity index (χ3v) is 5.89. The van der Waals surface area contributed by atoms with Gasteiger partial charge in [-0.25, -0.2) is 0 Å². The van der Waals surface area contributed by atoms with Crippen molar-refractivity contribution >= 4 is 30.2 Å². The molecule has 1 rings (SSSR count). The molecule has 1 saturated carbocycles. The number of alkyl halides is 2. The number of hydrogen-bond donors (Lipinski definition) is 1. The van der Waals surface area contributed by atoms with Crippen molar-refractivity contribution in [3.05, 3.63) is 12.2 Å². The van der Waals surface area contributed by atoms with Crippen LogP contribution in [0.15, 0.2) is 12.2 Å². The van der Waals surface area contributed by atoms with Crippen LogP contribution in [0.25, 0.3) is 0 Å². The largest absolute Gasteiger partial charge is 0.469 e. The fraction of sp³-hybridized carbons (Fsp3) is 0.762. The predicted octanol–water partition coefficient (Wildman–Crippen LogP) is 4.95. The molecule has 28 heavy (non-hydrogen) atoms. The lowest BCUT2D eigenvalue weighted by molar-refractivity contribution is -0.144. The number of Topliss-reactive ketones (excluding diaryl/α,β-unsaturated/α-hetero) is 2. The Labute approximate surface area is 171 Å². The molecule has 2 unspecified atom stereocenters. The number of halogens is 2. The second-order valence-corrected chi connectivity index (χ2v) is 8.12. The van der Waals surface area contributed by atoms with Crippen LogP contribution in [0.4, 0.5) is 8.78 Å². The van der Waals surface area contributed by atoms with Crippen LogP contribution in [0.1, 0.15) is 71.1 Å². The van der Waals surface area contributed by atoms with Crippen LogP contribution in [0.2, 0.25) is 0 Å². The summed E-state index contributed by atoms with van der Waals surface area (Å²) in [5, 5.41) is -0.192. The number of thiol groups is 1. The Balaban J connectivity index is 2.51. The van der Waals surface area contributed by atoms with Gasteiger partial charge < -0.3 is 4.74 Å². The van der Waals surface area contributed by atoms with Crippen molar-refractivity contribution in [3.63, 3.8) is 0 Å². The minimum atomic E-state index is -3.28.